The Hall–Kier alpha value is -2.70. The highest BCUT2D eigenvalue weighted by Crippen LogP contribution is 2.16. The van der Waals surface area contributed by atoms with E-state index in [2.05, 4.69) is 4.98 Å². The Bertz CT molecular complexity index is 735. The summed E-state index contributed by atoms with van der Waals surface area (Å²) in [5.41, 5.74) is -1.66. The zero-order chi connectivity index (χ0) is 12.6. The molecule has 0 atom stereocenters. The maximum absolute atomic E-state index is 11.6. The summed E-state index contributed by atoms with van der Waals surface area (Å²) in [6.45, 7) is 0. The van der Waals surface area contributed by atoms with Crippen molar-refractivity contribution < 1.29 is 10.0 Å². The Balaban J connectivity index is 3.01. The normalized spacial score (nSPS) is 10.4. The molecule has 0 unspecified atom stereocenters. The molecule has 0 saturated heterocycles. The van der Waals surface area contributed by atoms with Gasteiger partial charge in [-0.1, -0.05) is 0 Å². The van der Waals surface area contributed by atoms with Crippen LogP contribution in [0.25, 0.3) is 10.9 Å². The summed E-state index contributed by atoms with van der Waals surface area (Å²) in [7, 11) is 0. The molecule has 0 aliphatic heterocycles. The lowest BCUT2D eigenvalue weighted by Crippen LogP contribution is -1.98. The topological polar surface area (TPSA) is 113 Å². The molecule has 1 heterocycles. The van der Waals surface area contributed by atoms with E-state index in [-0.39, 0.29) is 16.6 Å². The molecule has 86 valence electrons. The van der Waals surface area contributed by atoms with E-state index in [1.807, 2.05) is 0 Å². The van der Waals surface area contributed by atoms with Crippen molar-refractivity contribution in [1.29, 1.82) is 0 Å². The molecule has 2 N–H and O–H groups in total. The van der Waals surface area contributed by atoms with Gasteiger partial charge in [0, 0.05) is 18.2 Å². The third kappa shape index (κ3) is 1.85. The molecule has 17 heavy (non-hydrogen) atoms. The number of benzene rings is 1. The molecule has 1 aromatic heterocycles. The standard InChI is InChI=1S/C10H6N2O5/c13-8-4-9(14)11-7-2-1-5(12(16)17)3-6(7)10(8)15/h1-4H,(H,11,14)(H,13,15). The van der Waals surface area contributed by atoms with E-state index < -0.39 is 21.7 Å². The molecule has 2 aromatic rings. The number of hydrogen-bond donors (Lipinski definition) is 2. The SMILES string of the molecule is O=c1cc(O)c(=O)c2cc([N+](=O)[O-])ccc2[nH]1. The van der Waals surface area contributed by atoms with Crippen LogP contribution in [0.4, 0.5) is 5.69 Å². The Morgan fingerprint density at radius 2 is 1.94 bits per heavy atom. The monoisotopic (exact) mass is 234 g/mol. The van der Waals surface area contributed by atoms with Gasteiger partial charge in [-0.15, -0.1) is 0 Å². The van der Waals surface area contributed by atoms with Crippen LogP contribution in [0.3, 0.4) is 0 Å². The van der Waals surface area contributed by atoms with Crippen LogP contribution in [0.15, 0.2) is 33.9 Å². The number of aromatic amines is 1. The van der Waals surface area contributed by atoms with Crippen LogP contribution < -0.4 is 11.0 Å². The Labute approximate surface area is 93.1 Å². The lowest BCUT2D eigenvalue weighted by molar-refractivity contribution is -0.384. The van der Waals surface area contributed by atoms with Gasteiger partial charge in [-0.3, -0.25) is 19.7 Å². The first-order chi connectivity index (χ1) is 7.99. The number of aromatic nitrogens is 1. The summed E-state index contributed by atoms with van der Waals surface area (Å²) in [6.07, 6.45) is 0. The molecule has 7 nitrogen and oxygen atoms in total. The van der Waals surface area contributed by atoms with Crippen molar-refractivity contribution >= 4 is 16.6 Å². The number of nitro benzene ring substituents is 1. The maximum atomic E-state index is 11.6. The third-order valence-electron chi connectivity index (χ3n) is 2.22. The first-order valence-electron chi connectivity index (χ1n) is 4.54. The van der Waals surface area contributed by atoms with Crippen molar-refractivity contribution in [2.75, 3.05) is 0 Å². The molecule has 7 heteroatoms. The van der Waals surface area contributed by atoms with Crippen LogP contribution in [0.2, 0.25) is 0 Å². The molecule has 0 aliphatic carbocycles. The number of hydrogen-bond acceptors (Lipinski definition) is 5. The number of fused-ring (bicyclic) bond motifs is 1. The van der Waals surface area contributed by atoms with Crippen molar-refractivity contribution in [1.82, 2.24) is 4.98 Å². The zero-order valence-corrected chi connectivity index (χ0v) is 8.34. The van der Waals surface area contributed by atoms with Crippen molar-refractivity contribution in [2.24, 2.45) is 0 Å². The van der Waals surface area contributed by atoms with Crippen LogP contribution in [-0.4, -0.2) is 15.0 Å². The van der Waals surface area contributed by atoms with E-state index >= 15 is 0 Å². The van der Waals surface area contributed by atoms with Gasteiger partial charge < -0.3 is 10.1 Å². The van der Waals surface area contributed by atoms with Gasteiger partial charge in [-0.05, 0) is 6.07 Å². The molecular formula is C10H6N2O5. The van der Waals surface area contributed by atoms with Crippen LogP contribution in [0.1, 0.15) is 0 Å². The number of aromatic hydroxyl groups is 1. The van der Waals surface area contributed by atoms with Gasteiger partial charge in [0.1, 0.15) is 0 Å². The highest BCUT2D eigenvalue weighted by Gasteiger charge is 2.10. The Morgan fingerprint density at radius 3 is 2.59 bits per heavy atom. The molecule has 0 aliphatic rings. The Kier molecular flexibility index (Phi) is 2.36. The van der Waals surface area contributed by atoms with Gasteiger partial charge in [-0.2, -0.15) is 0 Å². The lowest BCUT2D eigenvalue weighted by atomic mass is 10.2. The second-order valence-electron chi connectivity index (χ2n) is 3.33. The van der Waals surface area contributed by atoms with Gasteiger partial charge in [0.2, 0.25) is 5.43 Å². The molecule has 0 amide bonds. The van der Waals surface area contributed by atoms with Gasteiger partial charge in [0.05, 0.1) is 15.8 Å². The average Bonchev–Trinajstić information content (AvgIpc) is 2.37. The number of non-ortho nitro benzene ring substituents is 1. The molecule has 0 radical (unpaired) electrons. The van der Waals surface area contributed by atoms with E-state index in [0.717, 1.165) is 18.2 Å². The van der Waals surface area contributed by atoms with Crippen molar-refractivity contribution in [3.05, 3.63) is 55.0 Å². The largest absolute Gasteiger partial charge is 0.504 e. The fraction of sp³-hybridized carbons (Fsp3) is 0. The number of nitro groups is 1. The maximum Gasteiger partial charge on any atom is 0.270 e. The summed E-state index contributed by atoms with van der Waals surface area (Å²) < 4.78 is 0. The molecule has 0 fully saturated rings. The van der Waals surface area contributed by atoms with E-state index in [1.165, 1.54) is 6.07 Å². The van der Waals surface area contributed by atoms with Gasteiger partial charge >= 0.3 is 0 Å². The molecule has 0 spiro atoms. The summed E-state index contributed by atoms with van der Waals surface area (Å²) in [5.74, 6) is -0.748. The summed E-state index contributed by atoms with van der Waals surface area (Å²) in [4.78, 5) is 35.0. The predicted octanol–water partition coefficient (Wildman–Crippen LogP) is 0.502. The summed E-state index contributed by atoms with van der Waals surface area (Å²) in [5, 5.41) is 19.7. The summed E-state index contributed by atoms with van der Waals surface area (Å²) >= 11 is 0. The number of nitrogens with zero attached hydrogens (tertiary/aromatic N) is 1. The minimum atomic E-state index is -0.831. The molecule has 0 bridgehead atoms. The zero-order valence-electron chi connectivity index (χ0n) is 8.34. The van der Waals surface area contributed by atoms with Crippen molar-refractivity contribution in [2.45, 2.75) is 0 Å². The second kappa shape index (κ2) is 3.71. The fourth-order valence-electron chi connectivity index (χ4n) is 1.44. The first-order valence-corrected chi connectivity index (χ1v) is 4.54. The van der Waals surface area contributed by atoms with Crippen LogP contribution in [-0.2, 0) is 0 Å². The molecule has 0 saturated carbocycles. The number of nitrogens with one attached hydrogen (secondary N) is 1. The van der Waals surface area contributed by atoms with Gasteiger partial charge in [-0.25, -0.2) is 0 Å². The minimum absolute atomic E-state index is 0.112. The lowest BCUT2D eigenvalue weighted by Gasteiger charge is -1.92. The van der Waals surface area contributed by atoms with Crippen LogP contribution >= 0.6 is 0 Å². The second-order valence-corrected chi connectivity index (χ2v) is 3.33. The van der Waals surface area contributed by atoms with Crippen LogP contribution in [0.5, 0.6) is 5.75 Å². The predicted molar refractivity (Wildman–Crippen MR) is 59.2 cm³/mol. The van der Waals surface area contributed by atoms with E-state index in [4.69, 9.17) is 0 Å². The van der Waals surface area contributed by atoms with Crippen molar-refractivity contribution in [3.63, 3.8) is 0 Å². The van der Waals surface area contributed by atoms with E-state index in [0.29, 0.717) is 0 Å². The third-order valence-corrected chi connectivity index (χ3v) is 2.22. The molecule has 2 rings (SSSR count). The highest BCUT2D eigenvalue weighted by molar-refractivity contribution is 5.81. The van der Waals surface area contributed by atoms with Crippen LogP contribution in [0, 0.1) is 10.1 Å². The fourth-order valence-corrected chi connectivity index (χ4v) is 1.44. The molecular weight excluding hydrogens is 228 g/mol. The quantitative estimate of drug-likeness (QED) is 0.551. The smallest absolute Gasteiger partial charge is 0.270 e. The Morgan fingerprint density at radius 1 is 1.24 bits per heavy atom. The van der Waals surface area contributed by atoms with Gasteiger partial charge in [0.15, 0.2) is 5.75 Å². The van der Waals surface area contributed by atoms with E-state index in [1.54, 1.807) is 0 Å². The average molecular weight is 234 g/mol. The van der Waals surface area contributed by atoms with Gasteiger partial charge in [0.25, 0.3) is 11.2 Å². The first kappa shape index (κ1) is 10.8. The number of H-pyrrole nitrogens is 1. The van der Waals surface area contributed by atoms with Crippen molar-refractivity contribution in [3.8, 4) is 5.75 Å². The summed E-state index contributed by atoms with van der Waals surface area (Å²) in [6, 6.07) is 4.14. The minimum Gasteiger partial charge on any atom is -0.504 e. The van der Waals surface area contributed by atoms with E-state index in [9.17, 15) is 24.8 Å². The number of rotatable bonds is 1. The highest BCUT2D eigenvalue weighted by atomic mass is 16.6. The molecule has 1 aromatic carbocycles.